The van der Waals surface area contributed by atoms with E-state index in [1.807, 2.05) is 4.90 Å². The van der Waals surface area contributed by atoms with Gasteiger partial charge >= 0.3 is 5.97 Å². The van der Waals surface area contributed by atoms with Gasteiger partial charge in [0.05, 0.1) is 12.0 Å². The Morgan fingerprint density at radius 1 is 1.09 bits per heavy atom. The largest absolute Gasteiger partial charge is 0.497 e. The molecule has 0 unspecified atom stereocenters. The van der Waals surface area contributed by atoms with Crippen molar-refractivity contribution < 1.29 is 28.4 Å². The molecule has 1 aliphatic rings. The molecule has 0 spiro atoms. The minimum absolute atomic E-state index is 0.0354. The third kappa shape index (κ3) is 4.59. The van der Waals surface area contributed by atoms with Gasteiger partial charge in [-0.1, -0.05) is 0 Å². The Morgan fingerprint density at radius 2 is 1.79 bits per heavy atom. The summed E-state index contributed by atoms with van der Waals surface area (Å²) in [5, 5.41) is 11.5. The number of anilines is 1. The number of hydrogen-bond donors (Lipinski definition) is 0. The van der Waals surface area contributed by atoms with Crippen LogP contribution in [0.5, 0.6) is 5.75 Å². The van der Waals surface area contributed by atoms with E-state index >= 15 is 0 Å². The quantitative estimate of drug-likeness (QED) is 0.318. The summed E-state index contributed by atoms with van der Waals surface area (Å²) in [6.45, 7) is 3.43. The van der Waals surface area contributed by atoms with Crippen molar-refractivity contribution in [2.45, 2.75) is 6.92 Å². The van der Waals surface area contributed by atoms with Crippen LogP contribution in [0.4, 0.5) is 11.4 Å². The van der Waals surface area contributed by atoms with E-state index in [2.05, 4.69) is 0 Å². The van der Waals surface area contributed by atoms with Gasteiger partial charge in [0.2, 0.25) is 5.76 Å². The molecule has 4 rings (SSSR count). The second-order valence-electron chi connectivity index (χ2n) is 7.64. The number of aryl methyl sites for hydroxylation is 1. The third-order valence-corrected chi connectivity index (χ3v) is 5.71. The maximum absolute atomic E-state index is 12.5. The fourth-order valence-electron chi connectivity index (χ4n) is 3.81. The van der Waals surface area contributed by atoms with Gasteiger partial charge in [0.25, 0.3) is 11.6 Å². The molecule has 0 N–H and O–H groups in total. The van der Waals surface area contributed by atoms with Gasteiger partial charge in [0.15, 0.2) is 6.61 Å². The first-order valence-electron chi connectivity index (χ1n) is 10.4. The van der Waals surface area contributed by atoms with E-state index in [1.54, 1.807) is 49.3 Å². The first-order chi connectivity index (χ1) is 15.9. The second-order valence-corrected chi connectivity index (χ2v) is 7.64. The molecule has 2 heterocycles. The summed E-state index contributed by atoms with van der Waals surface area (Å²) in [6.07, 6.45) is 0. The van der Waals surface area contributed by atoms with E-state index in [1.165, 1.54) is 12.1 Å². The summed E-state index contributed by atoms with van der Waals surface area (Å²) >= 11 is 0. The zero-order chi connectivity index (χ0) is 23.5. The van der Waals surface area contributed by atoms with Crippen LogP contribution in [0.1, 0.15) is 16.1 Å². The highest BCUT2D eigenvalue weighted by molar-refractivity contribution is 5.97. The molecule has 0 aliphatic carbocycles. The normalized spacial score (nSPS) is 13.8. The van der Waals surface area contributed by atoms with Gasteiger partial charge in [-0.15, -0.1) is 0 Å². The maximum Gasteiger partial charge on any atom is 0.375 e. The van der Waals surface area contributed by atoms with E-state index in [9.17, 15) is 19.7 Å². The number of carbonyl (C=O) groups is 2. The standard InChI is InChI=1S/C23H23N3O7/c1-15-19-13-18(31-2)7-8-20(19)33-22(15)23(28)32-14-21(27)25-11-9-24(10-12-25)16-3-5-17(6-4-16)26(29)30/h3-8,13H,9-12,14H2,1-2H3. The molecule has 2 aromatic carbocycles. The van der Waals surface area contributed by atoms with Gasteiger partial charge in [-0.2, -0.15) is 0 Å². The summed E-state index contributed by atoms with van der Waals surface area (Å²) in [5.74, 6) is -0.272. The molecule has 10 nitrogen and oxygen atoms in total. The molecule has 172 valence electrons. The van der Waals surface area contributed by atoms with Crippen LogP contribution in [-0.4, -0.2) is 61.6 Å². The molecule has 1 amide bonds. The van der Waals surface area contributed by atoms with Gasteiger partial charge in [-0.05, 0) is 37.3 Å². The number of carbonyl (C=O) groups excluding carboxylic acids is 2. The zero-order valence-corrected chi connectivity index (χ0v) is 18.3. The summed E-state index contributed by atoms with van der Waals surface area (Å²) in [5.41, 5.74) is 2.05. The van der Waals surface area contributed by atoms with Crippen molar-refractivity contribution in [3.05, 3.63) is 63.9 Å². The van der Waals surface area contributed by atoms with Gasteiger partial charge in [0.1, 0.15) is 11.3 Å². The van der Waals surface area contributed by atoms with Crippen LogP contribution in [0, 0.1) is 17.0 Å². The lowest BCUT2D eigenvalue weighted by Gasteiger charge is -2.36. The highest BCUT2D eigenvalue weighted by atomic mass is 16.6. The smallest absolute Gasteiger partial charge is 0.375 e. The number of non-ortho nitro benzene ring substituents is 1. The fraction of sp³-hybridized carbons (Fsp3) is 0.304. The van der Waals surface area contributed by atoms with Crippen LogP contribution in [0.2, 0.25) is 0 Å². The van der Waals surface area contributed by atoms with Crippen LogP contribution in [0.15, 0.2) is 46.9 Å². The summed E-state index contributed by atoms with van der Waals surface area (Å²) in [6, 6.07) is 11.5. The summed E-state index contributed by atoms with van der Waals surface area (Å²) in [4.78, 5) is 39.1. The van der Waals surface area contributed by atoms with Crippen molar-refractivity contribution in [2.75, 3.05) is 44.8 Å². The van der Waals surface area contributed by atoms with Crippen molar-refractivity contribution in [1.29, 1.82) is 0 Å². The molecule has 0 atom stereocenters. The lowest BCUT2D eigenvalue weighted by Crippen LogP contribution is -2.49. The lowest BCUT2D eigenvalue weighted by molar-refractivity contribution is -0.384. The number of fused-ring (bicyclic) bond motifs is 1. The van der Waals surface area contributed by atoms with Crippen molar-refractivity contribution in [3.63, 3.8) is 0 Å². The topological polar surface area (TPSA) is 115 Å². The number of furan rings is 1. The second kappa shape index (κ2) is 9.19. The molecular formula is C23H23N3O7. The van der Waals surface area contributed by atoms with Crippen molar-refractivity contribution in [3.8, 4) is 5.75 Å². The van der Waals surface area contributed by atoms with Gasteiger partial charge in [-0.25, -0.2) is 4.79 Å². The molecule has 1 saturated heterocycles. The predicted octanol–water partition coefficient (Wildman–Crippen LogP) is 3.16. The molecule has 33 heavy (non-hydrogen) atoms. The first kappa shape index (κ1) is 22.1. The Bertz CT molecular complexity index is 1190. The number of amides is 1. The molecule has 1 fully saturated rings. The molecule has 1 aliphatic heterocycles. The van der Waals surface area contributed by atoms with Gasteiger partial charge in [0, 0.05) is 54.9 Å². The highest BCUT2D eigenvalue weighted by Gasteiger charge is 2.25. The van der Waals surface area contributed by atoms with Crippen LogP contribution in [0.3, 0.4) is 0 Å². The molecule has 1 aromatic heterocycles. The number of hydrogen-bond acceptors (Lipinski definition) is 8. The van der Waals surface area contributed by atoms with Crippen molar-refractivity contribution in [2.24, 2.45) is 0 Å². The number of nitro benzene ring substituents is 1. The fourth-order valence-corrected chi connectivity index (χ4v) is 3.81. The summed E-state index contributed by atoms with van der Waals surface area (Å²) in [7, 11) is 1.56. The maximum atomic E-state index is 12.5. The molecule has 0 radical (unpaired) electrons. The molecule has 0 bridgehead atoms. The molecule has 3 aromatic rings. The number of rotatable bonds is 6. The number of methoxy groups -OCH3 is 1. The molecule has 0 saturated carbocycles. The lowest BCUT2D eigenvalue weighted by atomic mass is 10.1. The SMILES string of the molecule is COc1ccc2oc(C(=O)OCC(=O)N3CCN(c4ccc([N+](=O)[O-])cc4)CC3)c(C)c2c1. The zero-order valence-electron chi connectivity index (χ0n) is 18.3. The van der Waals surface area contributed by atoms with E-state index in [0.29, 0.717) is 43.1 Å². The molecular weight excluding hydrogens is 430 g/mol. The average molecular weight is 453 g/mol. The monoisotopic (exact) mass is 453 g/mol. The first-order valence-corrected chi connectivity index (χ1v) is 10.4. The van der Waals surface area contributed by atoms with Crippen LogP contribution in [-0.2, 0) is 9.53 Å². The highest BCUT2D eigenvalue weighted by Crippen LogP contribution is 2.29. The number of benzene rings is 2. The number of piperazine rings is 1. The molecule has 10 heteroatoms. The Morgan fingerprint density at radius 3 is 2.42 bits per heavy atom. The number of nitrogens with zero attached hydrogens (tertiary/aromatic N) is 3. The number of nitro groups is 1. The van der Waals surface area contributed by atoms with Crippen molar-refractivity contribution in [1.82, 2.24) is 4.90 Å². The van der Waals surface area contributed by atoms with Gasteiger partial charge in [-0.3, -0.25) is 14.9 Å². The van der Waals surface area contributed by atoms with Crippen LogP contribution < -0.4 is 9.64 Å². The Hall–Kier alpha value is -4.08. The van der Waals surface area contributed by atoms with E-state index in [4.69, 9.17) is 13.9 Å². The minimum Gasteiger partial charge on any atom is -0.497 e. The Balaban J connectivity index is 1.31. The van der Waals surface area contributed by atoms with E-state index in [-0.39, 0.29) is 24.0 Å². The Kier molecular flexibility index (Phi) is 6.16. The van der Waals surface area contributed by atoms with E-state index < -0.39 is 10.9 Å². The minimum atomic E-state index is -0.694. The number of esters is 1. The number of ether oxygens (including phenoxy) is 2. The van der Waals surface area contributed by atoms with Gasteiger partial charge < -0.3 is 23.7 Å². The predicted molar refractivity (Wildman–Crippen MR) is 120 cm³/mol. The van der Waals surface area contributed by atoms with E-state index in [0.717, 1.165) is 11.1 Å². The van der Waals surface area contributed by atoms with Crippen LogP contribution in [0.25, 0.3) is 11.0 Å². The van der Waals surface area contributed by atoms with Crippen molar-refractivity contribution >= 4 is 34.2 Å². The third-order valence-electron chi connectivity index (χ3n) is 5.71. The summed E-state index contributed by atoms with van der Waals surface area (Å²) < 4.78 is 16.0. The Labute approximate surface area is 189 Å². The average Bonchev–Trinajstić information content (AvgIpc) is 3.18. The van der Waals surface area contributed by atoms with Crippen LogP contribution >= 0.6 is 0 Å².